The number of anilines is 3. The molecule has 108 valence electrons. The number of amides is 1. The predicted molar refractivity (Wildman–Crippen MR) is 79.9 cm³/mol. The Morgan fingerprint density at radius 2 is 2.05 bits per heavy atom. The third-order valence-corrected chi connectivity index (χ3v) is 4.20. The average molecular weight is 275 g/mol. The van der Waals surface area contributed by atoms with E-state index in [1.807, 2.05) is 6.07 Å². The van der Waals surface area contributed by atoms with E-state index in [9.17, 15) is 4.79 Å². The largest absolute Gasteiger partial charge is 0.397 e. The maximum Gasteiger partial charge on any atom is 0.224 e. The Hall–Kier alpha value is -1.75. The standard InChI is InChI=1S/C15H21N3O2/c1-15(4-6-20-7-5-15)18-13-8-10-2-3-14(19)17-12(10)9-11(13)16/h8-9,18H,2-7,16H2,1H3,(H,17,19). The van der Waals surface area contributed by atoms with Gasteiger partial charge >= 0.3 is 0 Å². The van der Waals surface area contributed by atoms with Crippen LogP contribution < -0.4 is 16.4 Å². The monoisotopic (exact) mass is 275 g/mol. The smallest absolute Gasteiger partial charge is 0.224 e. The summed E-state index contributed by atoms with van der Waals surface area (Å²) in [4.78, 5) is 11.4. The van der Waals surface area contributed by atoms with Crippen LogP contribution in [0.3, 0.4) is 0 Å². The van der Waals surface area contributed by atoms with Gasteiger partial charge in [0.1, 0.15) is 0 Å². The molecule has 0 spiro atoms. The SMILES string of the molecule is CC1(Nc2cc3c(cc2N)NC(=O)CC3)CCOCC1. The zero-order valence-electron chi connectivity index (χ0n) is 11.8. The molecule has 0 aromatic heterocycles. The molecule has 0 atom stereocenters. The molecular weight excluding hydrogens is 254 g/mol. The van der Waals surface area contributed by atoms with E-state index in [0.717, 1.165) is 49.4 Å². The highest BCUT2D eigenvalue weighted by Crippen LogP contribution is 2.34. The third-order valence-electron chi connectivity index (χ3n) is 4.20. The van der Waals surface area contributed by atoms with Crippen LogP contribution in [-0.4, -0.2) is 24.7 Å². The zero-order chi connectivity index (χ0) is 14.2. The number of aryl methyl sites for hydroxylation is 1. The number of hydrogen-bond donors (Lipinski definition) is 3. The highest BCUT2D eigenvalue weighted by atomic mass is 16.5. The lowest BCUT2D eigenvalue weighted by Gasteiger charge is -2.36. The Balaban J connectivity index is 1.85. The Morgan fingerprint density at radius 3 is 2.80 bits per heavy atom. The fourth-order valence-corrected chi connectivity index (χ4v) is 2.83. The molecule has 1 saturated heterocycles. The van der Waals surface area contributed by atoms with Crippen molar-refractivity contribution >= 4 is 23.0 Å². The van der Waals surface area contributed by atoms with Gasteiger partial charge in [0.2, 0.25) is 5.91 Å². The molecule has 2 aliphatic heterocycles. The summed E-state index contributed by atoms with van der Waals surface area (Å²) >= 11 is 0. The van der Waals surface area contributed by atoms with E-state index in [1.165, 1.54) is 0 Å². The molecule has 0 unspecified atom stereocenters. The van der Waals surface area contributed by atoms with Gasteiger partial charge in [-0.2, -0.15) is 0 Å². The number of fused-ring (bicyclic) bond motifs is 1. The molecular formula is C15H21N3O2. The summed E-state index contributed by atoms with van der Waals surface area (Å²) in [5, 5.41) is 6.44. The van der Waals surface area contributed by atoms with Gasteiger partial charge in [-0.05, 0) is 43.9 Å². The zero-order valence-corrected chi connectivity index (χ0v) is 11.8. The summed E-state index contributed by atoms with van der Waals surface area (Å²) in [5.74, 6) is 0.0639. The Bertz CT molecular complexity index is 536. The Labute approximate surface area is 118 Å². The van der Waals surface area contributed by atoms with Crippen molar-refractivity contribution in [3.05, 3.63) is 17.7 Å². The molecule has 1 amide bonds. The van der Waals surface area contributed by atoms with Crippen molar-refractivity contribution in [1.82, 2.24) is 0 Å². The lowest BCUT2D eigenvalue weighted by molar-refractivity contribution is -0.116. The minimum Gasteiger partial charge on any atom is -0.397 e. The lowest BCUT2D eigenvalue weighted by atomic mass is 9.91. The van der Waals surface area contributed by atoms with Crippen molar-refractivity contribution in [2.45, 2.75) is 38.1 Å². The van der Waals surface area contributed by atoms with Crippen LogP contribution in [-0.2, 0) is 16.0 Å². The number of carbonyl (C=O) groups excluding carboxylic acids is 1. The van der Waals surface area contributed by atoms with Gasteiger partial charge in [-0.25, -0.2) is 0 Å². The first-order chi connectivity index (χ1) is 9.56. The molecule has 1 aromatic rings. The number of nitrogens with one attached hydrogen (secondary N) is 2. The number of nitrogens with two attached hydrogens (primary N) is 1. The van der Waals surface area contributed by atoms with Crippen LogP contribution in [0.25, 0.3) is 0 Å². The molecule has 2 aliphatic rings. The number of carbonyl (C=O) groups is 1. The molecule has 0 radical (unpaired) electrons. The molecule has 1 aromatic carbocycles. The second-order valence-corrected chi connectivity index (χ2v) is 5.94. The summed E-state index contributed by atoms with van der Waals surface area (Å²) in [5.41, 5.74) is 9.79. The summed E-state index contributed by atoms with van der Waals surface area (Å²) < 4.78 is 5.42. The van der Waals surface area contributed by atoms with Crippen molar-refractivity contribution in [1.29, 1.82) is 0 Å². The molecule has 0 aliphatic carbocycles. The predicted octanol–water partition coefficient (Wildman–Crippen LogP) is 2.13. The molecule has 3 rings (SSSR count). The first kappa shape index (κ1) is 13.2. The van der Waals surface area contributed by atoms with E-state index in [-0.39, 0.29) is 11.4 Å². The van der Waals surface area contributed by atoms with Crippen LogP contribution >= 0.6 is 0 Å². The fraction of sp³-hybridized carbons (Fsp3) is 0.533. The first-order valence-corrected chi connectivity index (χ1v) is 7.14. The van der Waals surface area contributed by atoms with Gasteiger partial charge in [-0.15, -0.1) is 0 Å². The lowest BCUT2D eigenvalue weighted by Crippen LogP contribution is -2.40. The van der Waals surface area contributed by atoms with Crippen LogP contribution in [0.5, 0.6) is 0 Å². The van der Waals surface area contributed by atoms with E-state index in [1.54, 1.807) is 0 Å². The van der Waals surface area contributed by atoms with Crippen LogP contribution in [0, 0.1) is 0 Å². The van der Waals surface area contributed by atoms with Gasteiger partial charge in [0.25, 0.3) is 0 Å². The summed E-state index contributed by atoms with van der Waals surface area (Å²) in [7, 11) is 0. The highest BCUT2D eigenvalue weighted by molar-refractivity contribution is 5.95. The number of benzene rings is 1. The average Bonchev–Trinajstić information content (AvgIpc) is 2.40. The van der Waals surface area contributed by atoms with Crippen LogP contribution in [0.15, 0.2) is 12.1 Å². The van der Waals surface area contributed by atoms with Crippen LogP contribution in [0.2, 0.25) is 0 Å². The van der Waals surface area contributed by atoms with Gasteiger partial charge in [-0.1, -0.05) is 0 Å². The van der Waals surface area contributed by atoms with Crippen molar-refractivity contribution in [2.75, 3.05) is 29.6 Å². The number of hydrogen-bond acceptors (Lipinski definition) is 4. The molecule has 0 saturated carbocycles. The molecule has 2 heterocycles. The maximum atomic E-state index is 11.4. The quantitative estimate of drug-likeness (QED) is 0.723. The van der Waals surface area contributed by atoms with E-state index >= 15 is 0 Å². The van der Waals surface area contributed by atoms with Crippen LogP contribution in [0.4, 0.5) is 17.1 Å². The van der Waals surface area contributed by atoms with Gasteiger partial charge in [0.15, 0.2) is 0 Å². The van der Waals surface area contributed by atoms with Crippen molar-refractivity contribution in [2.24, 2.45) is 0 Å². The maximum absolute atomic E-state index is 11.4. The normalized spacial score (nSPS) is 20.9. The van der Waals surface area contributed by atoms with Gasteiger partial charge in [0.05, 0.1) is 11.4 Å². The summed E-state index contributed by atoms with van der Waals surface area (Å²) in [6.07, 6.45) is 3.26. The topological polar surface area (TPSA) is 76.4 Å². The molecule has 5 heteroatoms. The van der Waals surface area contributed by atoms with Crippen molar-refractivity contribution in [3.8, 4) is 0 Å². The van der Waals surface area contributed by atoms with Crippen molar-refractivity contribution in [3.63, 3.8) is 0 Å². The Morgan fingerprint density at radius 1 is 1.30 bits per heavy atom. The number of ether oxygens (including phenoxy) is 1. The van der Waals surface area contributed by atoms with Gasteiger partial charge in [-0.3, -0.25) is 4.79 Å². The molecule has 20 heavy (non-hydrogen) atoms. The third kappa shape index (κ3) is 2.58. The van der Waals surface area contributed by atoms with E-state index in [4.69, 9.17) is 10.5 Å². The van der Waals surface area contributed by atoms with Gasteiger partial charge in [0, 0.05) is 30.9 Å². The Kier molecular flexibility index (Phi) is 3.30. The van der Waals surface area contributed by atoms with Crippen LogP contribution in [0.1, 0.15) is 31.7 Å². The number of rotatable bonds is 2. The van der Waals surface area contributed by atoms with E-state index in [0.29, 0.717) is 12.1 Å². The van der Waals surface area contributed by atoms with E-state index in [2.05, 4.69) is 23.6 Å². The minimum absolute atomic E-state index is 0.0263. The van der Waals surface area contributed by atoms with E-state index < -0.39 is 0 Å². The molecule has 1 fully saturated rings. The molecule has 4 N–H and O–H groups in total. The second kappa shape index (κ2) is 4.98. The highest BCUT2D eigenvalue weighted by Gasteiger charge is 2.28. The fourth-order valence-electron chi connectivity index (χ4n) is 2.83. The minimum atomic E-state index is 0.0263. The molecule has 0 bridgehead atoms. The summed E-state index contributed by atoms with van der Waals surface area (Å²) in [6.45, 7) is 3.77. The van der Waals surface area contributed by atoms with Gasteiger partial charge < -0.3 is 21.1 Å². The van der Waals surface area contributed by atoms with Crippen molar-refractivity contribution < 1.29 is 9.53 Å². The second-order valence-electron chi connectivity index (χ2n) is 5.94. The summed E-state index contributed by atoms with van der Waals surface area (Å²) in [6, 6.07) is 3.93. The number of nitrogen functional groups attached to an aromatic ring is 1. The first-order valence-electron chi connectivity index (χ1n) is 7.14. The molecule has 5 nitrogen and oxygen atoms in total.